The average molecular weight is 513 g/mol. The number of benzene rings is 1. The molecule has 4 aliphatic rings. The van der Waals surface area contributed by atoms with Gasteiger partial charge in [-0.2, -0.15) is 13.2 Å². The molecular formula is C23H22F3NO9. The maximum atomic E-state index is 12.8. The highest BCUT2D eigenvalue weighted by Gasteiger charge is 2.72. The summed E-state index contributed by atoms with van der Waals surface area (Å²) in [6.45, 7) is 0.535. The molecular weight excluding hydrogens is 491 g/mol. The van der Waals surface area contributed by atoms with E-state index in [9.17, 15) is 37.8 Å². The van der Waals surface area contributed by atoms with E-state index in [0.717, 1.165) is 5.56 Å². The molecule has 2 aliphatic heterocycles. The number of ether oxygens (including phenoxy) is 3. The maximum Gasteiger partial charge on any atom is 0.490 e. The van der Waals surface area contributed by atoms with E-state index in [4.69, 9.17) is 14.6 Å². The fourth-order valence-corrected chi connectivity index (χ4v) is 6.15. The van der Waals surface area contributed by atoms with Crippen molar-refractivity contribution in [3.05, 3.63) is 35.1 Å². The van der Waals surface area contributed by atoms with Crippen molar-refractivity contribution in [3.63, 3.8) is 0 Å². The van der Waals surface area contributed by atoms with E-state index in [2.05, 4.69) is 4.74 Å². The number of nitrogens with zero attached hydrogens (tertiary/aromatic N) is 1. The van der Waals surface area contributed by atoms with E-state index in [1.807, 2.05) is 11.9 Å². The first-order chi connectivity index (χ1) is 16.8. The first-order valence-electron chi connectivity index (χ1n) is 11.2. The summed E-state index contributed by atoms with van der Waals surface area (Å²) in [5, 5.41) is 31.5. The van der Waals surface area contributed by atoms with E-state index in [1.165, 1.54) is 12.1 Å². The van der Waals surface area contributed by atoms with Crippen molar-refractivity contribution in [1.29, 1.82) is 0 Å². The number of alkyl halides is 3. The summed E-state index contributed by atoms with van der Waals surface area (Å²) >= 11 is 0. The average Bonchev–Trinajstić information content (AvgIpc) is 3.14. The summed E-state index contributed by atoms with van der Waals surface area (Å²) in [7, 11) is 1.87. The highest BCUT2D eigenvalue weighted by atomic mass is 19.4. The van der Waals surface area contributed by atoms with Gasteiger partial charge in [-0.05, 0) is 44.1 Å². The Hall–Kier alpha value is -3.32. The second-order valence-electron chi connectivity index (χ2n) is 9.51. The van der Waals surface area contributed by atoms with Gasteiger partial charge >= 0.3 is 24.1 Å². The van der Waals surface area contributed by atoms with Gasteiger partial charge in [-0.25, -0.2) is 9.59 Å². The first kappa shape index (κ1) is 24.4. The molecule has 2 bridgehead atoms. The fraction of sp³-hybridized carbons (Fsp3) is 0.522. The van der Waals surface area contributed by atoms with E-state index >= 15 is 0 Å². The molecule has 1 aromatic rings. The zero-order valence-electron chi connectivity index (χ0n) is 18.9. The molecule has 1 spiro atoms. The number of aliphatic carboxylic acids is 1. The molecule has 1 aromatic carbocycles. The number of likely N-dealkylation sites (tertiary alicyclic amines) is 1. The van der Waals surface area contributed by atoms with Crippen LogP contribution >= 0.6 is 0 Å². The summed E-state index contributed by atoms with van der Waals surface area (Å²) in [6.07, 6.45) is -8.04. The van der Waals surface area contributed by atoms with Crippen LogP contribution in [0.5, 0.6) is 11.5 Å². The molecule has 1 fully saturated rings. The minimum atomic E-state index is -5.45. The minimum Gasteiger partial charge on any atom is -0.504 e. The molecule has 2 heterocycles. The van der Waals surface area contributed by atoms with Crippen LogP contribution in [0.4, 0.5) is 13.2 Å². The predicted octanol–water partition coefficient (Wildman–Crippen LogP) is 1.16. The largest absolute Gasteiger partial charge is 0.504 e. The van der Waals surface area contributed by atoms with Crippen molar-refractivity contribution in [2.45, 2.75) is 61.1 Å². The van der Waals surface area contributed by atoms with Crippen molar-refractivity contribution >= 4 is 17.9 Å². The van der Waals surface area contributed by atoms with Crippen molar-refractivity contribution in [1.82, 2.24) is 4.90 Å². The summed E-state index contributed by atoms with van der Waals surface area (Å²) < 4.78 is 53.5. The number of phenolic OH excluding ortho intramolecular Hbond substituents is 1. The number of esters is 2. The van der Waals surface area contributed by atoms with Gasteiger partial charge in [0.05, 0.1) is 17.4 Å². The number of aliphatic hydroxyl groups is 1. The number of rotatable bonds is 5. The van der Waals surface area contributed by atoms with Gasteiger partial charge in [0.25, 0.3) is 0 Å². The number of likely N-dealkylation sites (N-methyl/N-ethyl adjacent to an activating group) is 1. The molecule has 13 heteroatoms. The first-order valence-corrected chi connectivity index (χ1v) is 11.2. The number of piperidine rings is 1. The Balaban J connectivity index is 1.51. The number of phenols is 1. The number of carbonyl (C=O) groups is 3. The Morgan fingerprint density at radius 2 is 2.03 bits per heavy atom. The number of halogens is 3. The van der Waals surface area contributed by atoms with Gasteiger partial charge in [-0.3, -0.25) is 4.79 Å². The third-order valence-corrected chi connectivity index (χ3v) is 7.68. The summed E-state index contributed by atoms with van der Waals surface area (Å²) in [5.41, 5.74) is -1.09. The van der Waals surface area contributed by atoms with Crippen molar-refractivity contribution in [2.75, 3.05) is 13.6 Å². The Morgan fingerprint density at radius 3 is 2.69 bits per heavy atom. The fourth-order valence-electron chi connectivity index (χ4n) is 6.15. The van der Waals surface area contributed by atoms with Crippen LogP contribution in [0.2, 0.25) is 0 Å². The predicted molar refractivity (Wildman–Crippen MR) is 111 cm³/mol. The van der Waals surface area contributed by atoms with Crippen molar-refractivity contribution in [3.8, 4) is 11.5 Å². The highest BCUT2D eigenvalue weighted by molar-refractivity contribution is 5.86. The minimum absolute atomic E-state index is 0.00898. The van der Waals surface area contributed by atoms with Crippen molar-refractivity contribution in [2.24, 2.45) is 0 Å². The van der Waals surface area contributed by atoms with Crippen LogP contribution in [0.15, 0.2) is 24.0 Å². The van der Waals surface area contributed by atoms with Crippen LogP contribution in [0.25, 0.3) is 0 Å². The smallest absolute Gasteiger partial charge is 0.490 e. The maximum absolute atomic E-state index is 12.8. The molecule has 0 saturated carbocycles. The second kappa shape index (κ2) is 7.84. The van der Waals surface area contributed by atoms with Crippen LogP contribution in [-0.2, 0) is 35.7 Å². The Kier molecular flexibility index (Phi) is 5.31. The molecule has 1 saturated heterocycles. The van der Waals surface area contributed by atoms with Gasteiger partial charge < -0.3 is 34.4 Å². The number of carbonyl (C=O) groups excluding carboxylic acids is 2. The molecule has 194 valence electrons. The molecule has 0 amide bonds. The zero-order chi connectivity index (χ0) is 26.2. The number of carboxylic acid groups (broad SMARTS) is 1. The molecule has 5 atom stereocenters. The molecule has 0 aromatic heterocycles. The molecule has 3 N–H and O–H groups in total. The normalized spacial score (nSPS) is 31.0. The summed E-state index contributed by atoms with van der Waals surface area (Å²) in [6, 6.07) is 2.86. The molecule has 36 heavy (non-hydrogen) atoms. The third kappa shape index (κ3) is 3.29. The standard InChI is InChI=1S/C23H22F3NO9/c1-27-7-6-21-16-10-2-3-11(28)17(16)36-18(21)12(4-5-22(21,33)14(27)8-10)34-19(31)13(9-15(29)30)35-20(32)23(24,25)26/h2-4,13-14,18,28,33H,5-9H2,1H3,(H,29,30)/t13-,14+,18-,21-,22+/m0/s1. The molecule has 10 nitrogen and oxygen atoms in total. The number of hydrogen-bond donors (Lipinski definition) is 3. The van der Waals surface area contributed by atoms with Gasteiger partial charge in [-0.15, -0.1) is 0 Å². The van der Waals surface area contributed by atoms with E-state index in [0.29, 0.717) is 24.9 Å². The van der Waals surface area contributed by atoms with E-state index < -0.39 is 53.7 Å². The molecule has 0 radical (unpaired) electrons. The summed E-state index contributed by atoms with van der Waals surface area (Å²) in [5.74, 6) is -6.20. The molecule has 5 rings (SSSR count). The second-order valence-corrected chi connectivity index (χ2v) is 9.51. The van der Waals surface area contributed by atoms with Crippen LogP contribution in [0.3, 0.4) is 0 Å². The topological polar surface area (TPSA) is 143 Å². The van der Waals surface area contributed by atoms with Crippen LogP contribution in [0, 0.1) is 0 Å². The lowest BCUT2D eigenvalue weighted by atomic mass is 9.50. The van der Waals surface area contributed by atoms with Crippen LogP contribution < -0.4 is 4.74 Å². The Morgan fingerprint density at radius 1 is 1.31 bits per heavy atom. The monoisotopic (exact) mass is 513 g/mol. The third-order valence-electron chi connectivity index (χ3n) is 7.68. The van der Waals surface area contributed by atoms with Crippen molar-refractivity contribution < 1.29 is 57.1 Å². The van der Waals surface area contributed by atoms with Gasteiger partial charge in [0.15, 0.2) is 17.6 Å². The number of carboxylic acids is 1. The number of aromatic hydroxyl groups is 1. The van der Waals surface area contributed by atoms with Gasteiger partial charge in [0, 0.05) is 18.0 Å². The van der Waals surface area contributed by atoms with Crippen LogP contribution in [-0.4, -0.2) is 81.7 Å². The highest BCUT2D eigenvalue weighted by Crippen LogP contribution is 2.65. The summed E-state index contributed by atoms with van der Waals surface area (Å²) in [4.78, 5) is 37.2. The Labute approximate surface area is 201 Å². The van der Waals surface area contributed by atoms with Crippen LogP contribution in [0.1, 0.15) is 30.4 Å². The molecule has 0 unspecified atom stereocenters. The SMILES string of the molecule is CN1CC[C@]23c4c5ccc(O)c4O[C@H]2C(OC(=O)[C@H](CC(=O)O)OC(=O)C(F)(F)F)=CC[C@@]3(O)[C@H]1C5. The van der Waals surface area contributed by atoms with Gasteiger partial charge in [-0.1, -0.05) is 6.07 Å². The lowest BCUT2D eigenvalue weighted by Gasteiger charge is -2.61. The van der Waals surface area contributed by atoms with E-state index in [-0.39, 0.29) is 29.7 Å². The lowest BCUT2D eigenvalue weighted by Crippen LogP contribution is -2.74. The van der Waals surface area contributed by atoms with Gasteiger partial charge in [0.2, 0.25) is 6.10 Å². The van der Waals surface area contributed by atoms with E-state index in [1.54, 1.807) is 6.07 Å². The lowest BCUT2D eigenvalue weighted by molar-refractivity contribution is -0.209. The Bertz CT molecular complexity index is 1200. The number of hydrogen-bond acceptors (Lipinski definition) is 9. The van der Waals surface area contributed by atoms with Gasteiger partial charge in [0.1, 0.15) is 5.76 Å². The zero-order valence-corrected chi connectivity index (χ0v) is 18.9. The molecule has 2 aliphatic carbocycles. The quantitative estimate of drug-likeness (QED) is 0.491.